The van der Waals surface area contributed by atoms with Crippen molar-refractivity contribution in [3.63, 3.8) is 0 Å². The van der Waals surface area contributed by atoms with Gasteiger partial charge in [-0.25, -0.2) is 19.9 Å². The molecule has 1 aliphatic rings. The molecule has 2 N–H and O–H groups in total. The number of carbonyl (C=O) groups is 1. The minimum atomic E-state index is -0.264. The van der Waals surface area contributed by atoms with Crippen molar-refractivity contribution >= 4 is 45.0 Å². The van der Waals surface area contributed by atoms with Crippen molar-refractivity contribution in [2.45, 2.75) is 6.04 Å². The first-order valence-electron chi connectivity index (χ1n) is 10.6. The number of likely N-dealkylation sites (N-methyl/N-ethyl adjacent to an activating group) is 1. The van der Waals surface area contributed by atoms with Crippen LogP contribution in [0.2, 0.25) is 0 Å². The van der Waals surface area contributed by atoms with Crippen LogP contribution in [0.5, 0.6) is 0 Å². The summed E-state index contributed by atoms with van der Waals surface area (Å²) in [6, 6.07) is 9.99. The molecule has 0 radical (unpaired) electrons. The van der Waals surface area contributed by atoms with E-state index in [1.54, 1.807) is 29.8 Å². The van der Waals surface area contributed by atoms with Crippen LogP contribution in [0.25, 0.3) is 21.3 Å². The summed E-state index contributed by atoms with van der Waals surface area (Å²) < 4.78 is 0. The molecule has 0 aliphatic carbocycles. The van der Waals surface area contributed by atoms with E-state index in [0.29, 0.717) is 11.6 Å². The normalized spacial score (nSPS) is 13.9. The van der Waals surface area contributed by atoms with Gasteiger partial charge in [0.2, 0.25) is 5.95 Å². The Hall–Kier alpha value is -3.63. The lowest BCUT2D eigenvalue weighted by atomic mass is 10.1. The summed E-state index contributed by atoms with van der Waals surface area (Å²) in [4.78, 5) is 35.9. The number of fused-ring (bicyclic) bond motifs is 1. The van der Waals surface area contributed by atoms with E-state index in [4.69, 9.17) is 0 Å². The molecule has 168 valence electrons. The van der Waals surface area contributed by atoms with Gasteiger partial charge in [0, 0.05) is 55.7 Å². The first-order chi connectivity index (χ1) is 16.0. The number of thiazole rings is 1. The summed E-state index contributed by atoms with van der Waals surface area (Å²) in [5, 5.41) is 7.62. The summed E-state index contributed by atoms with van der Waals surface area (Å²) in [7, 11) is 5.99. The number of amides is 1. The number of pyridine rings is 1. The predicted octanol–water partition coefficient (Wildman–Crippen LogP) is 3.19. The van der Waals surface area contributed by atoms with Gasteiger partial charge in [0.1, 0.15) is 5.82 Å². The van der Waals surface area contributed by atoms with Gasteiger partial charge in [-0.3, -0.25) is 10.1 Å². The Morgan fingerprint density at radius 3 is 2.73 bits per heavy atom. The van der Waals surface area contributed by atoms with Crippen molar-refractivity contribution in [3.05, 3.63) is 54.5 Å². The fourth-order valence-corrected chi connectivity index (χ4v) is 4.40. The Kier molecular flexibility index (Phi) is 5.61. The first-order valence-corrected chi connectivity index (χ1v) is 11.4. The highest BCUT2D eigenvalue weighted by molar-refractivity contribution is 7.18. The molecule has 3 aromatic heterocycles. The van der Waals surface area contributed by atoms with E-state index in [1.165, 1.54) is 0 Å². The van der Waals surface area contributed by atoms with Gasteiger partial charge in [0.15, 0.2) is 5.13 Å². The smallest absolute Gasteiger partial charge is 0.258 e. The Bertz CT molecular complexity index is 1310. The third kappa shape index (κ3) is 4.35. The maximum Gasteiger partial charge on any atom is 0.258 e. The molecule has 0 spiro atoms. The molecule has 1 aromatic carbocycles. The number of nitrogens with one attached hydrogen (secondary N) is 2. The SMILES string of the molecule is CNc1ncc(-c2ccc3cnc(NC(=O)c4ccnc(N5CC(N(C)C)C5)c4)nc3c2)s1. The molecular formula is C23H24N8OS. The van der Waals surface area contributed by atoms with Crippen LogP contribution in [0.1, 0.15) is 10.4 Å². The van der Waals surface area contributed by atoms with E-state index in [1.807, 2.05) is 37.5 Å². The van der Waals surface area contributed by atoms with E-state index < -0.39 is 0 Å². The molecule has 1 amide bonds. The Morgan fingerprint density at radius 1 is 1.12 bits per heavy atom. The van der Waals surface area contributed by atoms with Crippen LogP contribution in [0.15, 0.2) is 48.9 Å². The zero-order valence-electron chi connectivity index (χ0n) is 18.6. The second-order valence-corrected chi connectivity index (χ2v) is 9.16. The van der Waals surface area contributed by atoms with Crippen LogP contribution >= 0.6 is 11.3 Å². The number of aromatic nitrogens is 4. The van der Waals surface area contributed by atoms with Gasteiger partial charge < -0.3 is 15.1 Å². The summed E-state index contributed by atoms with van der Waals surface area (Å²) in [5.74, 6) is 0.801. The van der Waals surface area contributed by atoms with Gasteiger partial charge in [0.05, 0.1) is 10.4 Å². The molecule has 5 rings (SSSR count). The van der Waals surface area contributed by atoms with Crippen molar-refractivity contribution in [2.24, 2.45) is 0 Å². The van der Waals surface area contributed by atoms with Gasteiger partial charge in [-0.15, -0.1) is 0 Å². The van der Waals surface area contributed by atoms with Crippen molar-refractivity contribution in [2.75, 3.05) is 49.8 Å². The lowest BCUT2D eigenvalue weighted by Gasteiger charge is -2.43. The molecule has 33 heavy (non-hydrogen) atoms. The average molecular weight is 461 g/mol. The highest BCUT2D eigenvalue weighted by atomic mass is 32.1. The molecule has 9 nitrogen and oxygen atoms in total. The van der Waals surface area contributed by atoms with Crippen LogP contribution in [-0.2, 0) is 0 Å². The van der Waals surface area contributed by atoms with Gasteiger partial charge in [-0.1, -0.05) is 23.5 Å². The standard InChI is InChI=1S/C23H24N8OS/c1-24-23-27-11-19(33-23)14-4-5-16-10-26-22(28-18(16)8-14)29-21(32)15-6-7-25-20(9-15)31-12-17(13-31)30(2)3/h4-11,17H,12-13H2,1-3H3,(H,24,27)(H,26,28,29,32). The van der Waals surface area contributed by atoms with Crippen LogP contribution in [0.3, 0.4) is 0 Å². The molecule has 1 saturated heterocycles. The van der Waals surface area contributed by atoms with Gasteiger partial charge in [-0.05, 0) is 37.9 Å². The lowest BCUT2D eigenvalue weighted by Crippen LogP contribution is -2.57. The molecule has 1 aliphatic heterocycles. The fourth-order valence-electron chi connectivity index (χ4n) is 3.64. The van der Waals surface area contributed by atoms with Gasteiger partial charge in [0.25, 0.3) is 5.91 Å². The Morgan fingerprint density at radius 2 is 1.97 bits per heavy atom. The molecule has 1 fully saturated rings. The maximum absolute atomic E-state index is 12.9. The van der Waals surface area contributed by atoms with Crippen LogP contribution in [0.4, 0.5) is 16.9 Å². The van der Waals surface area contributed by atoms with Crippen molar-refractivity contribution in [1.29, 1.82) is 0 Å². The molecule has 0 unspecified atom stereocenters. The second kappa shape index (κ2) is 8.72. The number of nitrogens with zero attached hydrogens (tertiary/aromatic N) is 6. The van der Waals surface area contributed by atoms with Crippen LogP contribution in [0, 0.1) is 0 Å². The molecular weight excluding hydrogens is 436 g/mol. The number of carbonyl (C=O) groups excluding carboxylic acids is 1. The number of anilines is 3. The predicted molar refractivity (Wildman–Crippen MR) is 132 cm³/mol. The quantitative estimate of drug-likeness (QED) is 0.453. The Balaban J connectivity index is 1.33. The van der Waals surface area contributed by atoms with E-state index in [0.717, 1.165) is 45.4 Å². The number of benzene rings is 1. The zero-order valence-corrected chi connectivity index (χ0v) is 19.4. The summed E-state index contributed by atoms with van der Waals surface area (Å²) in [5.41, 5.74) is 2.29. The van der Waals surface area contributed by atoms with Crippen molar-refractivity contribution in [3.8, 4) is 10.4 Å². The number of rotatable bonds is 6. The highest BCUT2D eigenvalue weighted by Crippen LogP contribution is 2.30. The number of hydrogen-bond donors (Lipinski definition) is 2. The maximum atomic E-state index is 12.9. The lowest BCUT2D eigenvalue weighted by molar-refractivity contribution is 0.102. The molecule has 0 atom stereocenters. The average Bonchev–Trinajstić information content (AvgIpc) is 3.27. The summed E-state index contributed by atoms with van der Waals surface area (Å²) in [6.07, 6.45) is 5.21. The van der Waals surface area contributed by atoms with Crippen LogP contribution in [-0.4, -0.2) is 71.0 Å². The third-order valence-electron chi connectivity index (χ3n) is 5.74. The molecule has 4 heterocycles. The summed E-state index contributed by atoms with van der Waals surface area (Å²) >= 11 is 1.57. The Labute approximate surface area is 195 Å². The molecule has 10 heteroatoms. The topological polar surface area (TPSA) is 99.2 Å². The highest BCUT2D eigenvalue weighted by Gasteiger charge is 2.29. The van der Waals surface area contributed by atoms with Gasteiger partial charge >= 0.3 is 0 Å². The third-order valence-corrected chi connectivity index (χ3v) is 6.80. The fraction of sp³-hybridized carbons (Fsp3) is 0.261. The minimum absolute atomic E-state index is 0.264. The van der Waals surface area contributed by atoms with Crippen molar-refractivity contribution in [1.82, 2.24) is 24.8 Å². The zero-order chi connectivity index (χ0) is 22.9. The van der Waals surface area contributed by atoms with E-state index >= 15 is 0 Å². The van der Waals surface area contributed by atoms with Crippen molar-refractivity contribution < 1.29 is 4.79 Å². The molecule has 0 bridgehead atoms. The summed E-state index contributed by atoms with van der Waals surface area (Å²) in [6.45, 7) is 1.80. The molecule has 4 aromatic rings. The van der Waals surface area contributed by atoms with Gasteiger partial charge in [-0.2, -0.15) is 0 Å². The second-order valence-electron chi connectivity index (χ2n) is 8.13. The largest absolute Gasteiger partial charge is 0.365 e. The minimum Gasteiger partial charge on any atom is -0.365 e. The van der Waals surface area contributed by atoms with E-state index in [2.05, 4.69) is 54.5 Å². The van der Waals surface area contributed by atoms with Crippen LogP contribution < -0.4 is 15.5 Å². The number of hydrogen-bond acceptors (Lipinski definition) is 9. The first kappa shape index (κ1) is 21.2. The van der Waals surface area contributed by atoms with E-state index in [-0.39, 0.29) is 11.9 Å². The monoisotopic (exact) mass is 460 g/mol. The van der Waals surface area contributed by atoms with E-state index in [9.17, 15) is 4.79 Å². The molecule has 0 saturated carbocycles.